The monoisotopic (exact) mass is 321 g/mol. The van der Waals surface area contributed by atoms with E-state index in [1.165, 1.54) is 0 Å². The molecule has 7 heteroatoms. The summed E-state index contributed by atoms with van der Waals surface area (Å²) in [6, 6.07) is 2.08. The van der Waals surface area contributed by atoms with E-state index in [4.69, 9.17) is 9.47 Å². The number of aliphatic hydroxyl groups excluding tert-OH is 1. The zero-order valence-electron chi connectivity index (χ0n) is 13.5. The Morgan fingerprint density at radius 1 is 1.48 bits per heavy atom. The average Bonchev–Trinajstić information content (AvgIpc) is 2.88. The zero-order valence-corrected chi connectivity index (χ0v) is 13.5. The van der Waals surface area contributed by atoms with Gasteiger partial charge >= 0.3 is 0 Å². The van der Waals surface area contributed by atoms with Gasteiger partial charge in [-0.1, -0.05) is 0 Å². The fourth-order valence-corrected chi connectivity index (χ4v) is 3.18. The first-order valence-electron chi connectivity index (χ1n) is 7.93. The average molecular weight is 321 g/mol. The molecule has 1 saturated heterocycles. The van der Waals surface area contributed by atoms with Crippen molar-refractivity contribution in [2.75, 3.05) is 32.6 Å². The number of aromatic nitrogens is 1. The quantitative estimate of drug-likeness (QED) is 0.781. The van der Waals surface area contributed by atoms with Crippen molar-refractivity contribution in [3.8, 4) is 0 Å². The standard InChI is InChI=1S/C16H23N3O4/c1-22-16(23-2)13-11(9-19-7-5-12(20)15(19)21)8-10-4-3-6-17-14(10)18-13/h8,12,16,20H,3-7,9H2,1-2H3,(H,17,18). The van der Waals surface area contributed by atoms with Gasteiger partial charge in [0.15, 0.2) is 0 Å². The summed E-state index contributed by atoms with van der Waals surface area (Å²) in [4.78, 5) is 18.3. The van der Waals surface area contributed by atoms with Gasteiger partial charge < -0.3 is 24.8 Å². The van der Waals surface area contributed by atoms with Gasteiger partial charge in [-0.15, -0.1) is 0 Å². The summed E-state index contributed by atoms with van der Waals surface area (Å²) in [6.45, 7) is 1.87. The van der Waals surface area contributed by atoms with Crippen LogP contribution in [0.1, 0.15) is 36.0 Å². The van der Waals surface area contributed by atoms with Gasteiger partial charge in [-0.25, -0.2) is 4.98 Å². The molecule has 1 aromatic heterocycles. The molecular formula is C16H23N3O4. The molecular weight excluding hydrogens is 298 g/mol. The highest BCUT2D eigenvalue weighted by Gasteiger charge is 2.31. The topological polar surface area (TPSA) is 83.9 Å². The van der Waals surface area contributed by atoms with Gasteiger partial charge in [0.2, 0.25) is 6.29 Å². The van der Waals surface area contributed by atoms with Crippen LogP contribution in [0.2, 0.25) is 0 Å². The van der Waals surface area contributed by atoms with Gasteiger partial charge in [-0.05, 0) is 36.5 Å². The first-order valence-corrected chi connectivity index (χ1v) is 7.93. The third kappa shape index (κ3) is 3.17. The van der Waals surface area contributed by atoms with Gasteiger partial charge in [-0.2, -0.15) is 0 Å². The van der Waals surface area contributed by atoms with Crippen LogP contribution in [0.5, 0.6) is 0 Å². The Hall–Kier alpha value is -1.70. The smallest absolute Gasteiger partial charge is 0.251 e. The van der Waals surface area contributed by atoms with Crippen LogP contribution in [0.15, 0.2) is 6.07 Å². The van der Waals surface area contributed by atoms with E-state index in [-0.39, 0.29) is 5.91 Å². The molecule has 7 nitrogen and oxygen atoms in total. The van der Waals surface area contributed by atoms with Gasteiger partial charge in [0.05, 0.1) is 0 Å². The predicted molar refractivity (Wildman–Crippen MR) is 83.8 cm³/mol. The minimum absolute atomic E-state index is 0.224. The Morgan fingerprint density at radius 3 is 2.91 bits per heavy atom. The second-order valence-electron chi connectivity index (χ2n) is 5.94. The molecule has 0 bridgehead atoms. The van der Waals surface area contributed by atoms with E-state index >= 15 is 0 Å². The highest BCUT2D eigenvalue weighted by Crippen LogP contribution is 2.29. The summed E-state index contributed by atoms with van der Waals surface area (Å²) in [5.41, 5.74) is 2.73. The number of likely N-dealkylation sites (tertiary alicyclic amines) is 1. The first-order chi connectivity index (χ1) is 11.1. The number of rotatable bonds is 5. The van der Waals surface area contributed by atoms with Gasteiger partial charge in [0, 0.05) is 33.9 Å². The molecule has 0 radical (unpaired) electrons. The Kier molecular flexibility index (Phi) is 4.79. The molecule has 0 saturated carbocycles. The van der Waals surface area contributed by atoms with Crippen molar-refractivity contribution >= 4 is 11.7 Å². The number of nitrogens with zero attached hydrogens (tertiary/aromatic N) is 2. The van der Waals surface area contributed by atoms with Crippen LogP contribution in [0.25, 0.3) is 0 Å². The maximum atomic E-state index is 12.0. The van der Waals surface area contributed by atoms with Gasteiger partial charge in [0.25, 0.3) is 5.91 Å². The number of nitrogens with one attached hydrogen (secondary N) is 1. The minimum Gasteiger partial charge on any atom is -0.383 e. The largest absolute Gasteiger partial charge is 0.383 e. The van der Waals surface area contributed by atoms with Crippen molar-refractivity contribution in [2.24, 2.45) is 0 Å². The lowest BCUT2D eigenvalue weighted by Gasteiger charge is -2.25. The number of hydrogen-bond acceptors (Lipinski definition) is 6. The molecule has 2 N–H and O–H groups in total. The Bertz CT molecular complexity index is 589. The second-order valence-corrected chi connectivity index (χ2v) is 5.94. The molecule has 1 unspecified atom stereocenters. The minimum atomic E-state index is -0.883. The molecule has 0 spiro atoms. The molecule has 1 fully saturated rings. The number of fused-ring (bicyclic) bond motifs is 1. The zero-order chi connectivity index (χ0) is 16.4. The van der Waals surface area contributed by atoms with Crippen molar-refractivity contribution in [3.63, 3.8) is 0 Å². The fraction of sp³-hybridized carbons (Fsp3) is 0.625. The molecule has 126 valence electrons. The third-order valence-electron chi connectivity index (χ3n) is 4.41. The highest BCUT2D eigenvalue weighted by molar-refractivity contribution is 5.82. The molecule has 1 aromatic rings. The van der Waals surface area contributed by atoms with Crippen LogP contribution in [0, 0.1) is 0 Å². The van der Waals surface area contributed by atoms with Gasteiger partial charge in [-0.3, -0.25) is 4.79 Å². The van der Waals surface area contributed by atoms with Crippen LogP contribution < -0.4 is 5.32 Å². The molecule has 1 amide bonds. The van der Waals surface area contributed by atoms with E-state index in [9.17, 15) is 9.90 Å². The molecule has 2 aliphatic rings. The van der Waals surface area contributed by atoms with E-state index < -0.39 is 12.4 Å². The van der Waals surface area contributed by atoms with Crippen LogP contribution in [-0.4, -0.2) is 54.3 Å². The third-order valence-corrected chi connectivity index (χ3v) is 4.41. The van der Waals surface area contributed by atoms with Gasteiger partial charge in [0.1, 0.15) is 17.6 Å². The fourth-order valence-electron chi connectivity index (χ4n) is 3.18. The van der Waals surface area contributed by atoms with Crippen LogP contribution in [0.3, 0.4) is 0 Å². The number of ether oxygens (including phenoxy) is 2. The number of carbonyl (C=O) groups is 1. The molecule has 0 aromatic carbocycles. The van der Waals surface area contributed by atoms with E-state index in [2.05, 4.69) is 16.4 Å². The summed E-state index contributed by atoms with van der Waals surface area (Å²) in [5.74, 6) is 0.639. The number of amides is 1. The summed E-state index contributed by atoms with van der Waals surface area (Å²) < 4.78 is 10.7. The Balaban J connectivity index is 1.94. The maximum Gasteiger partial charge on any atom is 0.251 e. The van der Waals surface area contributed by atoms with Crippen LogP contribution >= 0.6 is 0 Å². The molecule has 3 heterocycles. The maximum absolute atomic E-state index is 12.0. The van der Waals surface area contributed by atoms with Crippen molar-refractivity contribution in [1.82, 2.24) is 9.88 Å². The number of aryl methyl sites for hydroxylation is 1. The Morgan fingerprint density at radius 2 is 2.26 bits per heavy atom. The number of anilines is 1. The lowest BCUT2D eigenvalue weighted by Crippen LogP contribution is -2.30. The van der Waals surface area contributed by atoms with E-state index in [0.29, 0.717) is 25.2 Å². The predicted octanol–water partition coefficient (Wildman–Crippen LogP) is 0.824. The molecule has 0 aliphatic carbocycles. The summed E-state index contributed by atoms with van der Waals surface area (Å²) >= 11 is 0. The number of methoxy groups -OCH3 is 2. The number of pyridine rings is 1. The van der Waals surface area contributed by atoms with E-state index in [1.54, 1.807) is 19.1 Å². The number of aliphatic hydroxyl groups is 1. The molecule has 3 rings (SSSR count). The number of carbonyl (C=O) groups excluding carboxylic acids is 1. The molecule has 1 atom stereocenters. The number of hydrogen-bond donors (Lipinski definition) is 2. The van der Waals surface area contributed by atoms with E-state index in [1.807, 2.05) is 0 Å². The molecule has 23 heavy (non-hydrogen) atoms. The second kappa shape index (κ2) is 6.82. The SMILES string of the molecule is COC(OC)c1nc2c(cc1CN1CCC(O)C1=O)CCCN2. The van der Waals surface area contributed by atoms with Crippen molar-refractivity contribution in [1.29, 1.82) is 0 Å². The highest BCUT2D eigenvalue weighted by atomic mass is 16.7. The lowest BCUT2D eigenvalue weighted by molar-refractivity contribution is -0.135. The summed E-state index contributed by atoms with van der Waals surface area (Å²) in [5, 5.41) is 12.9. The van der Waals surface area contributed by atoms with Crippen LogP contribution in [-0.2, 0) is 27.2 Å². The molecule has 2 aliphatic heterocycles. The summed E-state index contributed by atoms with van der Waals surface area (Å²) in [6.07, 6.45) is 1.04. The lowest BCUT2D eigenvalue weighted by atomic mass is 10.0. The Labute approximate surface area is 135 Å². The first kappa shape index (κ1) is 16.2. The normalized spacial score (nSPS) is 20.8. The van der Waals surface area contributed by atoms with Crippen molar-refractivity contribution in [2.45, 2.75) is 38.2 Å². The van der Waals surface area contributed by atoms with Crippen molar-refractivity contribution in [3.05, 3.63) is 22.9 Å². The summed E-state index contributed by atoms with van der Waals surface area (Å²) in [7, 11) is 3.13. The van der Waals surface area contributed by atoms with E-state index in [0.717, 1.165) is 36.3 Å². The van der Waals surface area contributed by atoms with Crippen LogP contribution in [0.4, 0.5) is 5.82 Å². The van der Waals surface area contributed by atoms with Crippen molar-refractivity contribution < 1.29 is 19.4 Å².